The normalized spacial score (nSPS) is 14.5. The SMILES string of the molecule is C=C/C=C\C(=C/C)N1C(=O)/C(=C/c2cc(CC=C)c(O)c(OC)c2)C(=O)N=C1SCC(=O)NC(c1ccccc1)c1ccccc1. The molecular weight excluding hydrogens is 598 g/mol. The minimum atomic E-state index is -0.754. The summed E-state index contributed by atoms with van der Waals surface area (Å²) in [4.78, 5) is 46.2. The molecule has 234 valence electrons. The first-order chi connectivity index (χ1) is 22.3. The van der Waals surface area contributed by atoms with Crippen LogP contribution >= 0.6 is 11.8 Å². The van der Waals surface area contributed by atoms with Crippen LogP contribution in [-0.2, 0) is 20.8 Å². The van der Waals surface area contributed by atoms with Gasteiger partial charge >= 0.3 is 0 Å². The maximum Gasteiger partial charge on any atom is 0.285 e. The summed E-state index contributed by atoms with van der Waals surface area (Å²) in [7, 11) is 1.42. The number of phenolic OH excluding ortho intramolecular Hbond substituents is 1. The molecule has 2 N–H and O–H groups in total. The van der Waals surface area contributed by atoms with Crippen LogP contribution in [0.4, 0.5) is 0 Å². The molecule has 0 aliphatic carbocycles. The van der Waals surface area contributed by atoms with Gasteiger partial charge in [0, 0.05) is 11.3 Å². The standard InChI is InChI=1S/C37H35N3O5S/c1-5-8-20-29(7-3)40-36(44)30(22-25-21-28(15-6-2)34(42)31(23-25)45-4)35(43)39-37(40)46-24-32(41)38-33(26-16-11-9-12-17-26)27-18-13-10-14-19-27/h5-14,16-23,33,42H,1-2,15,24H2,3-4H3,(H,38,41)/b20-8-,29-7+,30-22+. The van der Waals surface area contributed by atoms with Gasteiger partial charge in [0.2, 0.25) is 5.91 Å². The lowest BCUT2D eigenvalue weighted by Crippen LogP contribution is -2.42. The first kappa shape index (κ1) is 33.5. The largest absolute Gasteiger partial charge is 0.504 e. The number of hydrogen-bond acceptors (Lipinski definition) is 6. The van der Waals surface area contributed by atoms with Crippen LogP contribution in [0.1, 0.15) is 35.2 Å². The fraction of sp³-hybridized carbons (Fsp3) is 0.135. The molecule has 0 unspecified atom stereocenters. The summed E-state index contributed by atoms with van der Waals surface area (Å²) in [6.45, 7) is 9.18. The third-order valence-corrected chi connectivity index (χ3v) is 7.92. The highest BCUT2D eigenvalue weighted by atomic mass is 32.2. The Balaban J connectivity index is 1.66. The lowest BCUT2D eigenvalue weighted by Gasteiger charge is -2.28. The van der Waals surface area contributed by atoms with Crippen LogP contribution in [0.25, 0.3) is 6.08 Å². The zero-order valence-corrected chi connectivity index (χ0v) is 26.5. The van der Waals surface area contributed by atoms with Crippen molar-refractivity contribution in [3.63, 3.8) is 0 Å². The molecule has 0 aromatic heterocycles. The Morgan fingerprint density at radius 3 is 2.28 bits per heavy atom. The molecule has 0 saturated heterocycles. The molecule has 0 spiro atoms. The number of methoxy groups -OCH3 is 1. The van der Waals surface area contributed by atoms with Gasteiger partial charge in [0.05, 0.1) is 18.9 Å². The highest BCUT2D eigenvalue weighted by Crippen LogP contribution is 2.34. The zero-order valence-electron chi connectivity index (χ0n) is 25.7. The summed E-state index contributed by atoms with van der Waals surface area (Å²) in [6, 6.07) is 22.0. The number of nitrogens with one attached hydrogen (secondary N) is 1. The van der Waals surface area contributed by atoms with Crippen molar-refractivity contribution in [2.75, 3.05) is 12.9 Å². The van der Waals surface area contributed by atoms with Crippen LogP contribution in [0.3, 0.4) is 0 Å². The van der Waals surface area contributed by atoms with E-state index in [2.05, 4.69) is 23.5 Å². The molecule has 0 saturated carbocycles. The van der Waals surface area contributed by atoms with Crippen molar-refractivity contribution in [2.24, 2.45) is 4.99 Å². The van der Waals surface area contributed by atoms with Crippen LogP contribution in [0.15, 0.2) is 133 Å². The van der Waals surface area contributed by atoms with E-state index < -0.39 is 17.9 Å². The molecule has 1 heterocycles. The molecule has 4 rings (SSSR count). The molecule has 46 heavy (non-hydrogen) atoms. The highest BCUT2D eigenvalue weighted by Gasteiger charge is 2.35. The van der Waals surface area contributed by atoms with Crippen molar-refractivity contribution in [1.29, 1.82) is 0 Å². The van der Waals surface area contributed by atoms with Crippen LogP contribution in [-0.4, -0.2) is 45.8 Å². The predicted molar refractivity (Wildman–Crippen MR) is 184 cm³/mol. The van der Waals surface area contributed by atoms with Gasteiger partial charge in [0.15, 0.2) is 16.7 Å². The first-order valence-electron chi connectivity index (χ1n) is 14.5. The van der Waals surface area contributed by atoms with Crippen molar-refractivity contribution >= 4 is 40.7 Å². The number of ether oxygens (including phenoxy) is 1. The summed E-state index contributed by atoms with van der Waals surface area (Å²) < 4.78 is 5.30. The van der Waals surface area contributed by atoms with E-state index in [1.54, 1.807) is 43.4 Å². The third-order valence-electron chi connectivity index (χ3n) is 6.98. The number of rotatable bonds is 12. The Labute approximate surface area is 273 Å². The number of phenols is 1. The maximum absolute atomic E-state index is 14.0. The molecule has 0 fully saturated rings. The number of carbonyl (C=O) groups is 3. The molecular formula is C37H35N3O5S. The third kappa shape index (κ3) is 7.99. The smallest absolute Gasteiger partial charge is 0.285 e. The molecule has 3 aromatic rings. The molecule has 1 aliphatic rings. The van der Waals surface area contributed by atoms with Crippen LogP contribution in [0, 0.1) is 0 Å². The van der Waals surface area contributed by atoms with Crippen LogP contribution in [0.2, 0.25) is 0 Å². The van der Waals surface area contributed by atoms with Gasteiger partial charge in [-0.15, -0.1) is 6.58 Å². The Kier molecular flexibility index (Phi) is 11.7. The number of hydrogen-bond donors (Lipinski definition) is 2. The molecule has 3 amide bonds. The summed E-state index contributed by atoms with van der Waals surface area (Å²) in [5.41, 5.74) is 3.06. The summed E-state index contributed by atoms with van der Waals surface area (Å²) >= 11 is 0.986. The number of amides is 3. The van der Waals surface area contributed by atoms with Crippen molar-refractivity contribution in [1.82, 2.24) is 10.2 Å². The van der Waals surface area contributed by atoms with E-state index in [0.29, 0.717) is 23.2 Å². The molecule has 9 heteroatoms. The zero-order chi connectivity index (χ0) is 33.1. The minimum absolute atomic E-state index is 0.0463. The van der Waals surface area contributed by atoms with Crippen molar-refractivity contribution in [3.8, 4) is 11.5 Å². The molecule has 0 radical (unpaired) electrons. The van der Waals surface area contributed by atoms with Crippen molar-refractivity contribution in [2.45, 2.75) is 19.4 Å². The number of aromatic hydroxyl groups is 1. The lowest BCUT2D eigenvalue weighted by atomic mass is 9.99. The Morgan fingerprint density at radius 1 is 1.07 bits per heavy atom. The second-order valence-corrected chi connectivity index (χ2v) is 11.0. The number of thioether (sulfide) groups is 1. The summed E-state index contributed by atoms with van der Waals surface area (Å²) in [5, 5.41) is 13.6. The molecule has 0 bridgehead atoms. The second kappa shape index (κ2) is 16.1. The summed E-state index contributed by atoms with van der Waals surface area (Å²) in [6.07, 6.45) is 9.98. The fourth-order valence-electron chi connectivity index (χ4n) is 4.80. The number of allylic oxidation sites excluding steroid dienone is 5. The number of nitrogens with zero attached hydrogens (tertiary/aromatic N) is 2. The molecule has 3 aromatic carbocycles. The number of amidine groups is 1. The van der Waals surface area contributed by atoms with E-state index in [4.69, 9.17) is 4.74 Å². The maximum atomic E-state index is 14.0. The quantitative estimate of drug-likeness (QED) is 0.102. The number of aliphatic imine (C=N–C) groups is 1. The van der Waals surface area contributed by atoms with Crippen LogP contribution in [0.5, 0.6) is 11.5 Å². The number of carbonyl (C=O) groups excluding carboxylic acids is 3. The molecule has 0 atom stereocenters. The minimum Gasteiger partial charge on any atom is -0.504 e. The Hall–Kier alpha value is -5.41. The summed E-state index contributed by atoms with van der Waals surface area (Å²) in [5.74, 6) is -1.63. The van der Waals surface area contributed by atoms with Gasteiger partial charge in [-0.2, -0.15) is 4.99 Å². The van der Waals surface area contributed by atoms with E-state index >= 15 is 0 Å². The highest BCUT2D eigenvalue weighted by molar-refractivity contribution is 8.14. The van der Waals surface area contributed by atoms with Gasteiger partial charge in [0.1, 0.15) is 5.57 Å². The average molecular weight is 634 g/mol. The molecule has 1 aliphatic heterocycles. The second-order valence-electron chi connectivity index (χ2n) is 10.0. The van der Waals surface area contributed by atoms with E-state index in [1.165, 1.54) is 24.2 Å². The first-order valence-corrected chi connectivity index (χ1v) is 15.5. The predicted octanol–water partition coefficient (Wildman–Crippen LogP) is 6.52. The Morgan fingerprint density at radius 2 is 1.72 bits per heavy atom. The Bertz CT molecular complexity index is 1700. The van der Waals surface area contributed by atoms with Crippen molar-refractivity contribution in [3.05, 3.63) is 150 Å². The van der Waals surface area contributed by atoms with Gasteiger partial charge < -0.3 is 15.2 Å². The van der Waals surface area contributed by atoms with Gasteiger partial charge in [-0.1, -0.05) is 103 Å². The van der Waals surface area contributed by atoms with Crippen molar-refractivity contribution < 1.29 is 24.2 Å². The van der Waals surface area contributed by atoms with Crippen LogP contribution < -0.4 is 10.1 Å². The monoisotopic (exact) mass is 633 g/mol. The van der Waals surface area contributed by atoms with E-state index in [-0.39, 0.29) is 33.9 Å². The molecule has 8 nitrogen and oxygen atoms in total. The van der Waals surface area contributed by atoms with Gasteiger partial charge in [-0.3, -0.25) is 19.3 Å². The van der Waals surface area contributed by atoms with E-state index in [1.807, 2.05) is 60.7 Å². The lowest BCUT2D eigenvalue weighted by molar-refractivity contribution is -0.126. The fourth-order valence-corrected chi connectivity index (χ4v) is 5.61. The average Bonchev–Trinajstić information content (AvgIpc) is 3.07. The van der Waals surface area contributed by atoms with Gasteiger partial charge in [-0.05, 0) is 54.3 Å². The number of benzene rings is 3. The van der Waals surface area contributed by atoms with Gasteiger partial charge in [-0.25, -0.2) is 0 Å². The van der Waals surface area contributed by atoms with Gasteiger partial charge in [0.25, 0.3) is 11.8 Å². The van der Waals surface area contributed by atoms with E-state index in [0.717, 1.165) is 22.9 Å². The van der Waals surface area contributed by atoms with E-state index in [9.17, 15) is 19.5 Å². The topological polar surface area (TPSA) is 108 Å².